The van der Waals surface area contributed by atoms with Gasteiger partial charge in [-0.2, -0.15) is 0 Å². The second-order valence-corrected chi connectivity index (χ2v) is 9.32. The van der Waals surface area contributed by atoms with Crippen molar-refractivity contribution in [2.45, 2.75) is 40.0 Å². The molecule has 2 aromatic rings. The summed E-state index contributed by atoms with van der Waals surface area (Å²) in [6.07, 6.45) is 0.594. The molecule has 2 aromatic carbocycles. The molecule has 1 saturated carbocycles. The summed E-state index contributed by atoms with van der Waals surface area (Å²) in [6.45, 7) is 10.2. The van der Waals surface area contributed by atoms with Crippen molar-refractivity contribution in [2.24, 2.45) is 17.8 Å². The summed E-state index contributed by atoms with van der Waals surface area (Å²) in [4.78, 5) is 26.3. The van der Waals surface area contributed by atoms with E-state index in [2.05, 4.69) is 43.2 Å². The number of aliphatic carboxylic acids is 1. The highest BCUT2D eigenvalue weighted by atomic mass is 19.1. The smallest absolute Gasteiger partial charge is 0.323 e. The van der Waals surface area contributed by atoms with Gasteiger partial charge in [0, 0.05) is 13.1 Å². The summed E-state index contributed by atoms with van der Waals surface area (Å²) >= 11 is 0. The Labute approximate surface area is 188 Å². The van der Waals surface area contributed by atoms with Crippen LogP contribution in [0.15, 0.2) is 42.5 Å². The molecule has 32 heavy (non-hydrogen) atoms. The van der Waals surface area contributed by atoms with E-state index < -0.39 is 17.8 Å². The van der Waals surface area contributed by atoms with Gasteiger partial charge >= 0.3 is 12.0 Å². The number of carboxylic acids is 1. The number of carboxylic acid groups (broad SMARTS) is 1. The number of hydrogen-bond donors (Lipinski definition) is 3. The Kier molecular flexibility index (Phi) is 7.38. The summed E-state index contributed by atoms with van der Waals surface area (Å²) in [5.41, 5.74) is 2.44. The first kappa shape index (κ1) is 23.6. The number of carbonyl (C=O) groups is 2. The van der Waals surface area contributed by atoms with Crippen molar-refractivity contribution in [2.75, 3.05) is 28.6 Å². The van der Waals surface area contributed by atoms with Gasteiger partial charge in [-0.25, -0.2) is 9.18 Å². The van der Waals surface area contributed by atoms with Crippen LogP contribution >= 0.6 is 0 Å². The number of nitrogens with one attached hydrogen (secondary N) is 2. The molecule has 0 radical (unpaired) electrons. The Bertz CT molecular complexity index is 967. The van der Waals surface area contributed by atoms with Crippen LogP contribution < -0.4 is 15.5 Å². The molecule has 0 aliphatic heterocycles. The first-order valence-electron chi connectivity index (χ1n) is 11.1. The lowest BCUT2D eigenvalue weighted by Crippen LogP contribution is -2.32. The summed E-state index contributed by atoms with van der Waals surface area (Å²) in [5.74, 6) is -0.933. The third kappa shape index (κ3) is 5.99. The van der Waals surface area contributed by atoms with Crippen LogP contribution in [-0.2, 0) is 4.79 Å². The van der Waals surface area contributed by atoms with Crippen molar-refractivity contribution in [3.05, 3.63) is 53.8 Å². The highest BCUT2D eigenvalue weighted by Crippen LogP contribution is 2.49. The molecule has 0 unspecified atom stereocenters. The quantitative estimate of drug-likeness (QED) is 0.461. The Balaban J connectivity index is 1.90. The van der Waals surface area contributed by atoms with Crippen LogP contribution in [0, 0.1) is 23.6 Å². The second kappa shape index (κ2) is 10.0. The number of rotatable bonds is 9. The summed E-state index contributed by atoms with van der Waals surface area (Å²) < 4.78 is 14.0. The SMILES string of the molecule is CC(C)CN(CC(C)C)c1ccc([C@H]2C[C@H]2C(=O)O)cc1NC(=O)Nc1ccccc1F. The van der Waals surface area contributed by atoms with E-state index in [-0.39, 0.29) is 17.5 Å². The van der Waals surface area contributed by atoms with Gasteiger partial charge in [0.2, 0.25) is 0 Å². The highest BCUT2D eigenvalue weighted by Gasteiger charge is 2.44. The van der Waals surface area contributed by atoms with Gasteiger partial charge in [-0.3, -0.25) is 4.79 Å². The molecule has 0 saturated heterocycles. The lowest BCUT2D eigenvalue weighted by Gasteiger charge is -2.30. The molecule has 1 aliphatic rings. The Morgan fingerprint density at radius 1 is 1.03 bits per heavy atom. The number of halogens is 1. The van der Waals surface area contributed by atoms with Crippen LogP contribution in [0.5, 0.6) is 0 Å². The summed E-state index contributed by atoms with van der Waals surface area (Å²) in [7, 11) is 0. The van der Waals surface area contributed by atoms with E-state index in [0.717, 1.165) is 24.3 Å². The van der Waals surface area contributed by atoms with E-state index >= 15 is 0 Å². The zero-order valence-corrected chi connectivity index (χ0v) is 19.1. The fourth-order valence-corrected chi connectivity index (χ4v) is 3.99. The van der Waals surface area contributed by atoms with Crippen molar-refractivity contribution in [3.8, 4) is 0 Å². The first-order chi connectivity index (χ1) is 15.2. The van der Waals surface area contributed by atoms with Crippen molar-refractivity contribution < 1.29 is 19.1 Å². The van der Waals surface area contributed by atoms with Gasteiger partial charge in [0.1, 0.15) is 5.82 Å². The maximum Gasteiger partial charge on any atom is 0.323 e. The first-order valence-corrected chi connectivity index (χ1v) is 11.1. The molecular formula is C25H32FN3O3. The molecule has 2 amide bonds. The highest BCUT2D eigenvalue weighted by molar-refractivity contribution is 6.02. The molecule has 7 heteroatoms. The number of hydrogen-bond acceptors (Lipinski definition) is 3. The fourth-order valence-electron chi connectivity index (χ4n) is 3.99. The van der Waals surface area contributed by atoms with Crippen LogP contribution in [-0.4, -0.2) is 30.2 Å². The number of nitrogens with zero attached hydrogens (tertiary/aromatic N) is 1. The van der Waals surface area contributed by atoms with E-state index in [9.17, 15) is 19.1 Å². The Hall–Kier alpha value is -3.09. The molecule has 1 aliphatic carbocycles. The van der Waals surface area contributed by atoms with Gasteiger partial charge in [0.25, 0.3) is 0 Å². The second-order valence-electron chi connectivity index (χ2n) is 9.32. The van der Waals surface area contributed by atoms with Gasteiger partial charge in [-0.05, 0) is 54.0 Å². The predicted octanol–water partition coefficient (Wildman–Crippen LogP) is 5.78. The maximum atomic E-state index is 14.0. The number of amides is 2. The molecular weight excluding hydrogens is 409 g/mol. The molecule has 0 bridgehead atoms. The molecule has 0 aromatic heterocycles. The predicted molar refractivity (Wildman–Crippen MR) is 126 cm³/mol. The number of anilines is 3. The van der Waals surface area contributed by atoms with Gasteiger partial charge in [0.15, 0.2) is 0 Å². The van der Waals surface area contributed by atoms with Crippen molar-refractivity contribution in [1.82, 2.24) is 0 Å². The molecule has 2 atom stereocenters. The lowest BCUT2D eigenvalue weighted by atomic mass is 10.0. The van der Waals surface area contributed by atoms with Crippen LogP contribution in [0.2, 0.25) is 0 Å². The Morgan fingerprint density at radius 3 is 2.22 bits per heavy atom. The van der Waals surface area contributed by atoms with E-state index in [1.165, 1.54) is 12.1 Å². The number of para-hydroxylation sites is 1. The van der Waals surface area contributed by atoms with Crippen molar-refractivity contribution in [1.29, 1.82) is 0 Å². The standard InChI is InChI=1S/C25H32FN3O3/c1-15(2)13-29(14-16(3)4)23-10-9-17(18-12-19(18)24(30)31)11-22(23)28-25(32)27-21-8-6-5-7-20(21)26/h5-11,15-16,18-19H,12-14H2,1-4H3,(H,30,31)(H2,27,28,32)/t18-,19-/m1/s1. The Morgan fingerprint density at radius 2 is 1.66 bits per heavy atom. The van der Waals surface area contributed by atoms with Crippen LogP contribution in [0.3, 0.4) is 0 Å². The minimum absolute atomic E-state index is 0.0552. The minimum atomic E-state index is -0.799. The lowest BCUT2D eigenvalue weighted by molar-refractivity contribution is -0.138. The van der Waals surface area contributed by atoms with Gasteiger partial charge in [0.05, 0.1) is 23.0 Å². The molecule has 172 valence electrons. The number of benzene rings is 2. The monoisotopic (exact) mass is 441 g/mol. The van der Waals surface area contributed by atoms with E-state index in [4.69, 9.17) is 0 Å². The van der Waals surface area contributed by atoms with Crippen LogP contribution in [0.4, 0.5) is 26.2 Å². The summed E-state index contributed by atoms with van der Waals surface area (Å²) in [6, 6.07) is 11.2. The van der Waals surface area contributed by atoms with Gasteiger partial charge in [-0.15, -0.1) is 0 Å². The average molecular weight is 442 g/mol. The molecule has 3 rings (SSSR count). The normalized spacial score (nSPS) is 17.3. The zero-order valence-electron chi connectivity index (χ0n) is 19.1. The number of urea groups is 1. The van der Waals surface area contributed by atoms with E-state index in [0.29, 0.717) is 23.9 Å². The zero-order chi connectivity index (χ0) is 23.4. The van der Waals surface area contributed by atoms with E-state index in [1.807, 2.05) is 18.2 Å². The summed E-state index contributed by atoms with van der Waals surface area (Å²) in [5, 5.41) is 14.7. The third-order valence-corrected chi connectivity index (χ3v) is 5.44. The van der Waals surface area contributed by atoms with Crippen LogP contribution in [0.25, 0.3) is 0 Å². The largest absolute Gasteiger partial charge is 0.481 e. The van der Waals surface area contributed by atoms with Crippen molar-refractivity contribution >= 4 is 29.1 Å². The van der Waals surface area contributed by atoms with Crippen LogP contribution in [0.1, 0.15) is 45.6 Å². The maximum absolute atomic E-state index is 14.0. The average Bonchev–Trinajstić information content (AvgIpc) is 3.50. The van der Waals surface area contributed by atoms with Crippen molar-refractivity contribution in [3.63, 3.8) is 0 Å². The molecule has 3 N–H and O–H groups in total. The third-order valence-electron chi connectivity index (χ3n) is 5.44. The topological polar surface area (TPSA) is 81.7 Å². The van der Waals surface area contributed by atoms with Gasteiger partial charge in [-0.1, -0.05) is 45.9 Å². The minimum Gasteiger partial charge on any atom is -0.481 e. The number of carbonyl (C=O) groups excluding carboxylic acids is 1. The van der Waals surface area contributed by atoms with Gasteiger partial charge < -0.3 is 20.6 Å². The molecule has 1 fully saturated rings. The molecule has 6 nitrogen and oxygen atoms in total. The fraction of sp³-hybridized carbons (Fsp3) is 0.440. The van der Waals surface area contributed by atoms with E-state index in [1.54, 1.807) is 12.1 Å². The molecule has 0 heterocycles. The molecule has 0 spiro atoms.